The van der Waals surface area contributed by atoms with Crippen LogP contribution in [-0.4, -0.2) is 61.4 Å². The van der Waals surface area contributed by atoms with Crippen molar-refractivity contribution in [3.05, 3.63) is 29.8 Å². The van der Waals surface area contributed by atoms with Crippen LogP contribution >= 0.6 is 0 Å². The summed E-state index contributed by atoms with van der Waals surface area (Å²) in [6, 6.07) is 4.56. The summed E-state index contributed by atoms with van der Waals surface area (Å²) in [6.07, 6.45) is 1.05. The largest absolute Gasteiger partial charge is 0.452 e. The number of esters is 1. The molecule has 154 valence electrons. The highest BCUT2D eigenvalue weighted by atomic mass is 32.2. The number of ether oxygens (including phenoxy) is 1. The van der Waals surface area contributed by atoms with Crippen molar-refractivity contribution in [3.8, 4) is 0 Å². The number of sulfone groups is 1. The highest BCUT2D eigenvalue weighted by Crippen LogP contribution is 2.21. The summed E-state index contributed by atoms with van der Waals surface area (Å²) in [5.74, 6) is -1.12. The zero-order chi connectivity index (χ0) is 20.9. The maximum atomic E-state index is 12.6. The number of primary amides is 1. The second-order valence-corrected chi connectivity index (χ2v) is 8.99. The fraction of sp³-hybridized carbons (Fsp3) is 0.500. The number of benzene rings is 1. The van der Waals surface area contributed by atoms with Crippen LogP contribution in [0.3, 0.4) is 0 Å². The Balaban J connectivity index is 1.99. The van der Waals surface area contributed by atoms with E-state index in [1.807, 2.05) is 13.8 Å². The lowest BCUT2D eigenvalue weighted by Crippen LogP contribution is -2.48. The molecule has 1 aliphatic heterocycles. The maximum Gasteiger partial charge on any atom is 0.338 e. The topological polar surface area (TPSA) is 136 Å². The predicted octanol–water partition coefficient (Wildman–Crippen LogP) is 1.15. The molecule has 28 heavy (non-hydrogen) atoms. The number of amides is 3. The smallest absolute Gasteiger partial charge is 0.338 e. The number of carbonyl (C=O) groups is 3. The Morgan fingerprint density at radius 2 is 1.93 bits per heavy atom. The molecular formula is C18H25N3O6S. The number of rotatable bonds is 7. The fourth-order valence-electron chi connectivity index (χ4n) is 3.12. The van der Waals surface area contributed by atoms with E-state index in [-0.39, 0.29) is 23.1 Å². The van der Waals surface area contributed by atoms with E-state index < -0.39 is 40.4 Å². The van der Waals surface area contributed by atoms with Gasteiger partial charge in [0, 0.05) is 17.8 Å². The first-order chi connectivity index (χ1) is 13.1. The van der Waals surface area contributed by atoms with Crippen LogP contribution < -0.4 is 11.1 Å². The van der Waals surface area contributed by atoms with E-state index in [1.54, 1.807) is 0 Å². The Labute approximate surface area is 164 Å². The average Bonchev–Trinajstić information content (AvgIpc) is 2.99. The Bertz CT molecular complexity index is 837. The summed E-state index contributed by atoms with van der Waals surface area (Å²) in [5.41, 5.74) is 5.65. The lowest BCUT2D eigenvalue weighted by molar-refractivity contribution is -0.138. The molecule has 0 saturated carbocycles. The predicted molar refractivity (Wildman–Crippen MR) is 104 cm³/mol. The van der Waals surface area contributed by atoms with E-state index in [1.165, 1.54) is 29.2 Å². The third-order valence-corrected chi connectivity index (χ3v) is 6.42. The van der Waals surface area contributed by atoms with Gasteiger partial charge in [0.25, 0.3) is 5.91 Å². The lowest BCUT2D eigenvalue weighted by atomic mass is 10.1. The maximum absolute atomic E-state index is 12.6. The van der Waals surface area contributed by atoms with Gasteiger partial charge in [-0.2, -0.15) is 0 Å². The minimum absolute atomic E-state index is 0.0589. The van der Waals surface area contributed by atoms with E-state index in [4.69, 9.17) is 10.5 Å². The molecule has 1 aromatic carbocycles. The van der Waals surface area contributed by atoms with E-state index in [0.717, 1.165) is 0 Å². The zero-order valence-electron chi connectivity index (χ0n) is 15.9. The zero-order valence-corrected chi connectivity index (χ0v) is 16.7. The van der Waals surface area contributed by atoms with E-state index >= 15 is 0 Å². The third kappa shape index (κ3) is 5.69. The van der Waals surface area contributed by atoms with Crippen molar-refractivity contribution in [1.82, 2.24) is 4.90 Å². The van der Waals surface area contributed by atoms with Gasteiger partial charge >= 0.3 is 12.0 Å². The normalized spacial score (nSPS) is 18.9. The number of hydrogen-bond donors (Lipinski definition) is 2. The van der Waals surface area contributed by atoms with Crippen LogP contribution in [0.4, 0.5) is 10.5 Å². The molecule has 0 unspecified atom stereocenters. The standard InChI is InChI=1S/C18H25N3O6S/c1-3-12(2)21(15-8-9-28(25,26)11-15)16(22)10-27-17(23)13-4-6-14(7-5-13)20-18(19)24/h4-7,12,15H,3,8-11H2,1-2H3,(H3,19,20,24)/t12-,15+/m1/s1. The van der Waals surface area contributed by atoms with Gasteiger partial charge in [0.1, 0.15) is 0 Å². The fourth-order valence-corrected chi connectivity index (χ4v) is 4.83. The third-order valence-electron chi connectivity index (χ3n) is 4.67. The second kappa shape index (κ2) is 9.05. The monoisotopic (exact) mass is 411 g/mol. The van der Waals surface area contributed by atoms with Crippen LogP contribution in [0.25, 0.3) is 0 Å². The van der Waals surface area contributed by atoms with Crippen molar-refractivity contribution in [2.75, 3.05) is 23.4 Å². The van der Waals surface area contributed by atoms with Crippen molar-refractivity contribution < 1.29 is 27.5 Å². The van der Waals surface area contributed by atoms with Crippen LogP contribution in [0.15, 0.2) is 24.3 Å². The van der Waals surface area contributed by atoms with E-state index in [2.05, 4.69) is 5.32 Å². The van der Waals surface area contributed by atoms with Crippen LogP contribution in [0.1, 0.15) is 37.0 Å². The molecule has 0 bridgehead atoms. The molecule has 3 N–H and O–H groups in total. The molecular weight excluding hydrogens is 386 g/mol. The Kier molecular flexibility index (Phi) is 7.00. The highest BCUT2D eigenvalue weighted by molar-refractivity contribution is 7.91. The van der Waals surface area contributed by atoms with Crippen LogP contribution in [0, 0.1) is 0 Å². The molecule has 9 nitrogen and oxygen atoms in total. The molecule has 1 aromatic rings. The number of carbonyl (C=O) groups excluding carboxylic acids is 3. The minimum atomic E-state index is -3.14. The number of nitrogens with two attached hydrogens (primary N) is 1. The van der Waals surface area contributed by atoms with Crippen molar-refractivity contribution >= 4 is 33.4 Å². The van der Waals surface area contributed by atoms with Gasteiger partial charge in [-0.05, 0) is 44.0 Å². The SMILES string of the molecule is CC[C@@H](C)N(C(=O)COC(=O)c1ccc(NC(N)=O)cc1)[C@H]1CCS(=O)(=O)C1. The Hall–Kier alpha value is -2.62. The first kappa shape index (κ1) is 21.7. The molecule has 2 atom stereocenters. The minimum Gasteiger partial charge on any atom is -0.452 e. The van der Waals surface area contributed by atoms with Crippen LogP contribution in [-0.2, 0) is 19.4 Å². The molecule has 0 aromatic heterocycles. The Morgan fingerprint density at radius 3 is 2.43 bits per heavy atom. The molecule has 1 aliphatic rings. The summed E-state index contributed by atoms with van der Waals surface area (Å²) in [6.45, 7) is 3.28. The van der Waals surface area contributed by atoms with Gasteiger partial charge in [-0.3, -0.25) is 4.79 Å². The van der Waals surface area contributed by atoms with Gasteiger partial charge in [0.2, 0.25) is 0 Å². The van der Waals surface area contributed by atoms with Crippen molar-refractivity contribution in [2.45, 2.75) is 38.8 Å². The van der Waals surface area contributed by atoms with Crippen molar-refractivity contribution in [2.24, 2.45) is 5.73 Å². The summed E-state index contributed by atoms with van der Waals surface area (Å²) in [7, 11) is -3.14. The second-order valence-electron chi connectivity index (χ2n) is 6.76. The molecule has 3 amide bonds. The number of nitrogens with zero attached hydrogens (tertiary/aromatic N) is 1. The quantitative estimate of drug-likeness (QED) is 0.646. The lowest BCUT2D eigenvalue weighted by Gasteiger charge is -2.33. The summed E-state index contributed by atoms with van der Waals surface area (Å²) in [5, 5.41) is 2.37. The molecule has 2 rings (SSSR count). The van der Waals surface area contributed by atoms with E-state index in [0.29, 0.717) is 18.5 Å². The highest BCUT2D eigenvalue weighted by Gasteiger charge is 2.36. The molecule has 0 radical (unpaired) electrons. The van der Waals surface area contributed by atoms with Crippen molar-refractivity contribution in [3.63, 3.8) is 0 Å². The summed E-state index contributed by atoms with van der Waals surface area (Å²) < 4.78 is 28.6. The molecule has 0 spiro atoms. The molecule has 1 saturated heterocycles. The molecule has 0 aliphatic carbocycles. The van der Waals surface area contributed by atoms with Gasteiger partial charge < -0.3 is 20.7 Å². The van der Waals surface area contributed by atoms with Gasteiger partial charge in [-0.15, -0.1) is 0 Å². The molecule has 10 heteroatoms. The summed E-state index contributed by atoms with van der Waals surface area (Å²) in [4.78, 5) is 37.1. The van der Waals surface area contributed by atoms with Crippen LogP contribution in [0.5, 0.6) is 0 Å². The van der Waals surface area contributed by atoms with Crippen LogP contribution in [0.2, 0.25) is 0 Å². The van der Waals surface area contributed by atoms with Gasteiger partial charge in [0.05, 0.1) is 17.1 Å². The number of anilines is 1. The first-order valence-electron chi connectivity index (χ1n) is 8.98. The Morgan fingerprint density at radius 1 is 1.29 bits per heavy atom. The van der Waals surface area contributed by atoms with Gasteiger partial charge in [-0.1, -0.05) is 6.92 Å². The van der Waals surface area contributed by atoms with Gasteiger partial charge in [0.15, 0.2) is 16.4 Å². The molecule has 1 fully saturated rings. The molecule has 1 heterocycles. The number of nitrogens with one attached hydrogen (secondary N) is 1. The number of urea groups is 1. The van der Waals surface area contributed by atoms with Gasteiger partial charge in [-0.25, -0.2) is 18.0 Å². The average molecular weight is 411 g/mol. The first-order valence-corrected chi connectivity index (χ1v) is 10.8. The summed E-state index contributed by atoms with van der Waals surface area (Å²) >= 11 is 0. The van der Waals surface area contributed by atoms with Crippen molar-refractivity contribution in [1.29, 1.82) is 0 Å². The number of hydrogen-bond acceptors (Lipinski definition) is 6. The van der Waals surface area contributed by atoms with E-state index in [9.17, 15) is 22.8 Å².